The number of hydrogen-bond acceptors (Lipinski definition) is 4. The average Bonchev–Trinajstić information content (AvgIpc) is 2.60. The maximum absolute atomic E-state index is 5.70. The van der Waals surface area contributed by atoms with E-state index >= 15 is 0 Å². The summed E-state index contributed by atoms with van der Waals surface area (Å²) in [5.41, 5.74) is 1.80. The second kappa shape index (κ2) is 7.65. The van der Waals surface area contributed by atoms with E-state index in [2.05, 4.69) is 17.0 Å². The first kappa shape index (κ1) is 16.7. The Labute approximate surface area is 139 Å². The summed E-state index contributed by atoms with van der Waals surface area (Å²) >= 11 is 0. The number of piperidine rings is 1. The minimum Gasteiger partial charge on any atom is -0.497 e. The maximum Gasteiger partial charge on any atom is 0.118 e. The van der Waals surface area contributed by atoms with Crippen LogP contribution < -0.4 is 4.74 Å². The molecule has 2 fully saturated rings. The Kier molecular flexibility index (Phi) is 5.57. The average molecular weight is 319 g/mol. The molecule has 128 valence electrons. The molecule has 0 radical (unpaired) electrons. The quantitative estimate of drug-likeness (QED) is 0.835. The number of rotatable bonds is 5. The highest BCUT2D eigenvalue weighted by Gasteiger charge is 2.43. The number of likely N-dealkylation sites (tertiary alicyclic amines) is 1. The highest BCUT2D eigenvalue weighted by molar-refractivity contribution is 5.27. The third kappa shape index (κ3) is 3.87. The Morgan fingerprint density at radius 2 is 1.87 bits per heavy atom. The molecule has 0 unspecified atom stereocenters. The van der Waals surface area contributed by atoms with Crippen molar-refractivity contribution in [2.45, 2.75) is 25.8 Å². The Hall–Kier alpha value is -1.10. The van der Waals surface area contributed by atoms with E-state index in [1.54, 1.807) is 14.2 Å². The molecule has 0 aliphatic carbocycles. The maximum atomic E-state index is 5.70. The third-order valence-corrected chi connectivity index (χ3v) is 5.71. The zero-order valence-corrected chi connectivity index (χ0v) is 14.4. The molecule has 2 heterocycles. The molecule has 1 spiro atoms. The Morgan fingerprint density at radius 1 is 1.13 bits per heavy atom. The van der Waals surface area contributed by atoms with E-state index in [0.29, 0.717) is 11.3 Å². The largest absolute Gasteiger partial charge is 0.497 e. The SMILES string of the molecule is COC[C@@H]1COCCC12CCN(Cc1ccc(OC)cc1)CC2. The van der Waals surface area contributed by atoms with Gasteiger partial charge in [-0.1, -0.05) is 12.1 Å². The van der Waals surface area contributed by atoms with Gasteiger partial charge in [-0.05, 0) is 55.5 Å². The van der Waals surface area contributed by atoms with Crippen LogP contribution in [-0.2, 0) is 16.0 Å². The van der Waals surface area contributed by atoms with Gasteiger partial charge >= 0.3 is 0 Å². The zero-order valence-electron chi connectivity index (χ0n) is 14.4. The van der Waals surface area contributed by atoms with Crippen LogP contribution in [0.1, 0.15) is 24.8 Å². The summed E-state index contributed by atoms with van der Waals surface area (Å²) in [6, 6.07) is 8.44. The van der Waals surface area contributed by atoms with Crippen LogP contribution in [0.5, 0.6) is 5.75 Å². The third-order valence-electron chi connectivity index (χ3n) is 5.71. The molecule has 0 amide bonds. The fourth-order valence-corrected chi connectivity index (χ4v) is 4.11. The number of methoxy groups -OCH3 is 2. The molecule has 1 aromatic carbocycles. The van der Waals surface area contributed by atoms with Crippen LogP contribution in [0, 0.1) is 11.3 Å². The lowest BCUT2D eigenvalue weighted by Crippen LogP contribution is -2.49. The smallest absolute Gasteiger partial charge is 0.118 e. The van der Waals surface area contributed by atoms with Gasteiger partial charge in [0.15, 0.2) is 0 Å². The molecule has 1 aromatic rings. The van der Waals surface area contributed by atoms with E-state index < -0.39 is 0 Å². The van der Waals surface area contributed by atoms with Crippen molar-refractivity contribution >= 4 is 0 Å². The molecule has 2 aliphatic heterocycles. The molecular weight excluding hydrogens is 290 g/mol. The molecule has 1 atom stereocenters. The van der Waals surface area contributed by atoms with E-state index in [-0.39, 0.29) is 0 Å². The van der Waals surface area contributed by atoms with Crippen molar-refractivity contribution in [3.63, 3.8) is 0 Å². The molecule has 0 saturated carbocycles. The van der Waals surface area contributed by atoms with Crippen molar-refractivity contribution < 1.29 is 14.2 Å². The van der Waals surface area contributed by atoms with Crippen LogP contribution in [-0.4, -0.2) is 52.0 Å². The molecule has 0 N–H and O–H groups in total. The van der Waals surface area contributed by atoms with Crippen molar-refractivity contribution in [3.8, 4) is 5.75 Å². The molecule has 23 heavy (non-hydrogen) atoms. The first-order chi connectivity index (χ1) is 11.3. The first-order valence-corrected chi connectivity index (χ1v) is 8.68. The van der Waals surface area contributed by atoms with Gasteiger partial charge in [0.1, 0.15) is 5.75 Å². The lowest BCUT2D eigenvalue weighted by molar-refractivity contribution is -0.0951. The van der Waals surface area contributed by atoms with Crippen LogP contribution in [0.2, 0.25) is 0 Å². The van der Waals surface area contributed by atoms with Gasteiger partial charge in [0.05, 0.1) is 20.3 Å². The van der Waals surface area contributed by atoms with Crippen molar-refractivity contribution in [2.24, 2.45) is 11.3 Å². The summed E-state index contributed by atoms with van der Waals surface area (Å²) in [7, 11) is 3.52. The minimum absolute atomic E-state index is 0.435. The van der Waals surface area contributed by atoms with Gasteiger partial charge < -0.3 is 14.2 Å². The monoisotopic (exact) mass is 319 g/mol. The standard InChI is InChI=1S/C19H29NO3/c1-21-14-17-15-23-12-9-19(17)7-10-20(11-8-19)13-16-3-5-18(22-2)6-4-16/h3-6,17H,7-15H2,1-2H3/t17-/m1/s1. The Bertz CT molecular complexity index is 478. The Balaban J connectivity index is 1.56. The number of hydrogen-bond donors (Lipinski definition) is 0. The number of ether oxygens (including phenoxy) is 3. The van der Waals surface area contributed by atoms with Crippen LogP contribution in [0.15, 0.2) is 24.3 Å². The van der Waals surface area contributed by atoms with Gasteiger partial charge in [-0.2, -0.15) is 0 Å². The van der Waals surface area contributed by atoms with Crippen LogP contribution in [0.4, 0.5) is 0 Å². The van der Waals surface area contributed by atoms with E-state index in [1.165, 1.54) is 37.9 Å². The van der Waals surface area contributed by atoms with Crippen LogP contribution in [0.3, 0.4) is 0 Å². The predicted molar refractivity (Wildman–Crippen MR) is 90.7 cm³/mol. The predicted octanol–water partition coefficient (Wildman–Crippen LogP) is 2.96. The lowest BCUT2D eigenvalue weighted by Gasteiger charge is -2.49. The van der Waals surface area contributed by atoms with Crippen molar-refractivity contribution in [1.82, 2.24) is 4.90 Å². The van der Waals surface area contributed by atoms with E-state index in [0.717, 1.165) is 32.1 Å². The number of nitrogens with zero attached hydrogens (tertiary/aromatic N) is 1. The molecule has 0 aromatic heterocycles. The number of benzene rings is 1. The normalized spacial score (nSPS) is 24.7. The summed E-state index contributed by atoms with van der Waals surface area (Å²) in [4.78, 5) is 2.58. The van der Waals surface area contributed by atoms with E-state index in [9.17, 15) is 0 Å². The van der Waals surface area contributed by atoms with Crippen molar-refractivity contribution in [3.05, 3.63) is 29.8 Å². The van der Waals surface area contributed by atoms with Gasteiger partial charge in [0, 0.05) is 26.2 Å². The summed E-state index contributed by atoms with van der Waals surface area (Å²) in [6.07, 6.45) is 3.72. The zero-order chi connectivity index (χ0) is 16.1. The van der Waals surface area contributed by atoms with Crippen molar-refractivity contribution in [2.75, 3.05) is 47.1 Å². The molecule has 3 rings (SSSR count). The van der Waals surface area contributed by atoms with E-state index in [1.807, 2.05) is 12.1 Å². The van der Waals surface area contributed by atoms with Gasteiger partial charge in [0.2, 0.25) is 0 Å². The summed E-state index contributed by atoms with van der Waals surface area (Å²) in [5.74, 6) is 1.49. The molecule has 4 nitrogen and oxygen atoms in total. The summed E-state index contributed by atoms with van der Waals surface area (Å²) < 4.78 is 16.4. The van der Waals surface area contributed by atoms with E-state index in [4.69, 9.17) is 14.2 Å². The van der Waals surface area contributed by atoms with Crippen LogP contribution >= 0.6 is 0 Å². The fourth-order valence-electron chi connectivity index (χ4n) is 4.11. The summed E-state index contributed by atoms with van der Waals surface area (Å²) in [5, 5.41) is 0. The first-order valence-electron chi connectivity index (χ1n) is 8.68. The molecule has 2 aliphatic rings. The van der Waals surface area contributed by atoms with Crippen LogP contribution in [0.25, 0.3) is 0 Å². The molecule has 0 bridgehead atoms. The van der Waals surface area contributed by atoms with Gasteiger partial charge in [-0.25, -0.2) is 0 Å². The second-order valence-corrected chi connectivity index (χ2v) is 6.96. The van der Waals surface area contributed by atoms with Gasteiger partial charge in [0.25, 0.3) is 0 Å². The topological polar surface area (TPSA) is 30.9 Å². The highest BCUT2D eigenvalue weighted by Crippen LogP contribution is 2.44. The second-order valence-electron chi connectivity index (χ2n) is 6.96. The molecular formula is C19H29NO3. The van der Waals surface area contributed by atoms with Crippen molar-refractivity contribution in [1.29, 1.82) is 0 Å². The molecule has 2 saturated heterocycles. The Morgan fingerprint density at radius 3 is 2.52 bits per heavy atom. The van der Waals surface area contributed by atoms with Gasteiger partial charge in [-0.3, -0.25) is 4.90 Å². The highest BCUT2D eigenvalue weighted by atomic mass is 16.5. The minimum atomic E-state index is 0.435. The van der Waals surface area contributed by atoms with Gasteiger partial charge in [-0.15, -0.1) is 0 Å². The fraction of sp³-hybridized carbons (Fsp3) is 0.684. The lowest BCUT2D eigenvalue weighted by atomic mass is 9.66. The summed E-state index contributed by atoms with van der Waals surface area (Å²) in [6.45, 7) is 5.99. The molecule has 4 heteroatoms.